The number of anilines is 2. The molecule has 4 nitrogen and oxygen atoms in total. The summed E-state index contributed by atoms with van der Waals surface area (Å²) in [6.07, 6.45) is 0. The number of nitrogens with zero attached hydrogens (tertiary/aromatic N) is 1. The summed E-state index contributed by atoms with van der Waals surface area (Å²) >= 11 is 3.35. The van der Waals surface area contributed by atoms with Crippen molar-refractivity contribution in [3.63, 3.8) is 0 Å². The summed E-state index contributed by atoms with van der Waals surface area (Å²) in [6.45, 7) is 1.89. The maximum Gasteiger partial charge on any atom is 0.266 e. The number of benzene rings is 2. The van der Waals surface area contributed by atoms with E-state index in [2.05, 4.69) is 15.9 Å². The van der Waals surface area contributed by atoms with Gasteiger partial charge in [0.05, 0.1) is 16.8 Å². The number of carbonyl (C=O) groups excluding carboxylic acids is 2. The van der Waals surface area contributed by atoms with E-state index in [1.165, 1.54) is 4.90 Å². The van der Waals surface area contributed by atoms with Crippen molar-refractivity contribution in [3.05, 3.63) is 57.6 Å². The van der Waals surface area contributed by atoms with Gasteiger partial charge < -0.3 is 5.73 Å². The average Bonchev–Trinajstić information content (AvgIpc) is 2.63. The van der Waals surface area contributed by atoms with Crippen molar-refractivity contribution >= 4 is 39.1 Å². The predicted octanol–water partition coefficient (Wildman–Crippen LogP) is 3.14. The van der Waals surface area contributed by atoms with Gasteiger partial charge in [-0.15, -0.1) is 0 Å². The number of rotatable bonds is 1. The Balaban J connectivity index is 2.14. The minimum absolute atomic E-state index is 0.306. The van der Waals surface area contributed by atoms with Crippen LogP contribution in [0.2, 0.25) is 0 Å². The zero-order valence-electron chi connectivity index (χ0n) is 10.7. The molecule has 0 fully saturated rings. The number of nitrogens with two attached hydrogens (primary N) is 1. The van der Waals surface area contributed by atoms with Gasteiger partial charge in [0.15, 0.2) is 0 Å². The molecule has 1 aliphatic heterocycles. The lowest BCUT2D eigenvalue weighted by Gasteiger charge is -2.15. The zero-order chi connectivity index (χ0) is 14.4. The molecular weight excluding hydrogens is 320 g/mol. The zero-order valence-corrected chi connectivity index (χ0v) is 12.3. The second-order valence-electron chi connectivity index (χ2n) is 4.71. The van der Waals surface area contributed by atoms with Crippen LogP contribution in [0.4, 0.5) is 11.4 Å². The molecule has 0 atom stereocenters. The smallest absolute Gasteiger partial charge is 0.266 e. The molecule has 20 heavy (non-hydrogen) atoms. The number of halogens is 1. The number of hydrogen-bond acceptors (Lipinski definition) is 3. The molecule has 0 bridgehead atoms. The summed E-state index contributed by atoms with van der Waals surface area (Å²) in [7, 11) is 0. The lowest BCUT2D eigenvalue weighted by molar-refractivity contribution is 0.0926. The molecule has 1 heterocycles. The van der Waals surface area contributed by atoms with E-state index < -0.39 is 0 Å². The number of imide groups is 1. The first-order valence-electron chi connectivity index (χ1n) is 6.03. The van der Waals surface area contributed by atoms with Crippen LogP contribution in [0, 0.1) is 6.92 Å². The molecule has 0 radical (unpaired) electrons. The molecule has 5 heteroatoms. The van der Waals surface area contributed by atoms with Crippen molar-refractivity contribution < 1.29 is 9.59 Å². The summed E-state index contributed by atoms with van der Waals surface area (Å²) in [5.41, 5.74) is 8.57. The number of hydrogen-bond donors (Lipinski definition) is 1. The van der Waals surface area contributed by atoms with Gasteiger partial charge in [0, 0.05) is 10.2 Å². The number of aryl methyl sites for hydroxylation is 1. The molecular formula is C15H11BrN2O2. The molecule has 0 saturated carbocycles. The van der Waals surface area contributed by atoms with Crippen molar-refractivity contribution in [3.8, 4) is 0 Å². The fourth-order valence-electron chi connectivity index (χ4n) is 2.28. The second kappa shape index (κ2) is 4.45. The Morgan fingerprint density at radius 1 is 1.00 bits per heavy atom. The highest BCUT2D eigenvalue weighted by atomic mass is 79.9. The van der Waals surface area contributed by atoms with Crippen LogP contribution in [0.1, 0.15) is 26.3 Å². The topological polar surface area (TPSA) is 63.4 Å². The first-order chi connectivity index (χ1) is 9.49. The van der Waals surface area contributed by atoms with E-state index in [0.29, 0.717) is 27.0 Å². The molecule has 1 aliphatic rings. The number of amides is 2. The van der Waals surface area contributed by atoms with E-state index in [4.69, 9.17) is 5.73 Å². The molecule has 2 aromatic carbocycles. The molecule has 0 saturated heterocycles. The third kappa shape index (κ3) is 1.82. The maximum absolute atomic E-state index is 12.4. The molecule has 0 aromatic heterocycles. The normalized spacial score (nSPS) is 13.8. The summed E-state index contributed by atoms with van der Waals surface area (Å²) in [6, 6.07) is 10.2. The molecule has 3 rings (SSSR count). The van der Waals surface area contributed by atoms with Gasteiger partial charge >= 0.3 is 0 Å². The molecule has 0 spiro atoms. The first kappa shape index (κ1) is 12.9. The van der Waals surface area contributed by atoms with Gasteiger partial charge in [-0.2, -0.15) is 0 Å². The van der Waals surface area contributed by atoms with E-state index in [-0.39, 0.29) is 11.8 Å². The van der Waals surface area contributed by atoms with Crippen LogP contribution < -0.4 is 10.6 Å². The average molecular weight is 331 g/mol. The number of nitrogen functional groups attached to an aromatic ring is 1. The molecule has 2 amide bonds. The van der Waals surface area contributed by atoms with E-state index >= 15 is 0 Å². The van der Waals surface area contributed by atoms with Gasteiger partial charge in [-0.1, -0.05) is 11.6 Å². The highest BCUT2D eigenvalue weighted by Gasteiger charge is 2.37. The van der Waals surface area contributed by atoms with Crippen molar-refractivity contribution in [1.29, 1.82) is 0 Å². The molecule has 100 valence electrons. The monoisotopic (exact) mass is 330 g/mol. The van der Waals surface area contributed by atoms with Gasteiger partial charge in [0.25, 0.3) is 11.8 Å². The number of carbonyl (C=O) groups is 2. The fraction of sp³-hybridized carbons (Fsp3) is 0.0667. The Morgan fingerprint density at radius 2 is 1.70 bits per heavy atom. The minimum Gasteiger partial charge on any atom is -0.399 e. The highest BCUT2D eigenvalue weighted by molar-refractivity contribution is 9.10. The first-order valence-corrected chi connectivity index (χ1v) is 6.83. The van der Waals surface area contributed by atoms with Gasteiger partial charge in [0.2, 0.25) is 0 Å². The summed E-state index contributed by atoms with van der Waals surface area (Å²) in [4.78, 5) is 26.0. The fourth-order valence-corrected chi connectivity index (χ4v) is 2.85. The van der Waals surface area contributed by atoms with Crippen LogP contribution in [-0.4, -0.2) is 11.8 Å². The Hall–Kier alpha value is -2.14. The van der Waals surface area contributed by atoms with E-state index in [1.807, 2.05) is 13.0 Å². The van der Waals surface area contributed by atoms with Crippen LogP contribution in [0.3, 0.4) is 0 Å². The van der Waals surface area contributed by atoms with Crippen molar-refractivity contribution in [1.82, 2.24) is 0 Å². The molecule has 0 unspecified atom stereocenters. The Bertz CT molecular complexity index is 756. The Labute approximate surface area is 124 Å². The predicted molar refractivity (Wildman–Crippen MR) is 80.9 cm³/mol. The molecule has 0 aliphatic carbocycles. The minimum atomic E-state index is -0.310. The highest BCUT2D eigenvalue weighted by Crippen LogP contribution is 2.34. The van der Waals surface area contributed by atoms with E-state index in [9.17, 15) is 9.59 Å². The van der Waals surface area contributed by atoms with Crippen LogP contribution in [0.15, 0.2) is 40.9 Å². The van der Waals surface area contributed by atoms with Crippen LogP contribution in [0.25, 0.3) is 0 Å². The Morgan fingerprint density at radius 3 is 2.40 bits per heavy atom. The van der Waals surface area contributed by atoms with Crippen molar-refractivity contribution in [2.75, 3.05) is 10.6 Å². The number of fused-ring (bicyclic) bond motifs is 1. The summed E-state index contributed by atoms with van der Waals surface area (Å²) in [5, 5.41) is 0. The van der Waals surface area contributed by atoms with E-state index in [1.54, 1.807) is 30.3 Å². The third-order valence-electron chi connectivity index (χ3n) is 3.25. The van der Waals surface area contributed by atoms with Crippen LogP contribution in [-0.2, 0) is 0 Å². The van der Waals surface area contributed by atoms with Crippen LogP contribution in [0.5, 0.6) is 0 Å². The Kier molecular flexibility index (Phi) is 2.87. The van der Waals surface area contributed by atoms with E-state index in [0.717, 1.165) is 5.56 Å². The van der Waals surface area contributed by atoms with Crippen molar-refractivity contribution in [2.24, 2.45) is 0 Å². The van der Waals surface area contributed by atoms with Gasteiger partial charge in [-0.3, -0.25) is 9.59 Å². The van der Waals surface area contributed by atoms with Gasteiger partial charge in [-0.05, 0) is 53.2 Å². The van der Waals surface area contributed by atoms with Gasteiger partial charge in [0.1, 0.15) is 0 Å². The maximum atomic E-state index is 12.4. The second-order valence-corrected chi connectivity index (χ2v) is 5.56. The summed E-state index contributed by atoms with van der Waals surface area (Å²) in [5.74, 6) is -0.616. The quantitative estimate of drug-likeness (QED) is 0.645. The van der Waals surface area contributed by atoms with Gasteiger partial charge in [-0.25, -0.2) is 4.90 Å². The molecule has 2 N–H and O–H groups in total. The lowest BCUT2D eigenvalue weighted by Crippen LogP contribution is -2.29. The third-order valence-corrected chi connectivity index (χ3v) is 3.89. The SMILES string of the molecule is Cc1ccc2c(c1)C(=O)N(c1ccc(N)cc1Br)C2=O. The lowest BCUT2D eigenvalue weighted by atomic mass is 10.1. The standard InChI is InChI=1S/C15H11BrN2O2/c1-8-2-4-10-11(6-8)15(20)18(14(10)19)13-5-3-9(17)7-12(13)16/h2-7H,17H2,1H3. The summed E-state index contributed by atoms with van der Waals surface area (Å²) < 4.78 is 0.615. The van der Waals surface area contributed by atoms with Crippen molar-refractivity contribution in [2.45, 2.75) is 6.92 Å². The largest absolute Gasteiger partial charge is 0.399 e. The van der Waals surface area contributed by atoms with Crippen LogP contribution >= 0.6 is 15.9 Å². The molecule has 2 aromatic rings.